The van der Waals surface area contributed by atoms with Gasteiger partial charge >= 0.3 is 5.97 Å². The van der Waals surface area contributed by atoms with Gasteiger partial charge in [-0.15, -0.1) is 0 Å². The van der Waals surface area contributed by atoms with Crippen LogP contribution in [0.4, 0.5) is 0 Å². The molecule has 0 bridgehead atoms. The molecule has 1 aromatic carbocycles. The number of carboxylic acid groups (broad SMARTS) is 1. The highest BCUT2D eigenvalue weighted by Crippen LogP contribution is 2.30. The molecule has 1 rings (SSSR count). The van der Waals surface area contributed by atoms with Gasteiger partial charge < -0.3 is 10.8 Å². The van der Waals surface area contributed by atoms with Gasteiger partial charge in [0.25, 0.3) is 0 Å². The van der Waals surface area contributed by atoms with Gasteiger partial charge in [-0.25, -0.2) is 0 Å². The molecule has 14 heavy (non-hydrogen) atoms. The maximum atomic E-state index is 10.8. The van der Waals surface area contributed by atoms with Gasteiger partial charge in [0.05, 0.1) is 16.0 Å². The van der Waals surface area contributed by atoms with Crippen LogP contribution in [-0.4, -0.2) is 17.6 Å². The van der Waals surface area contributed by atoms with Crippen LogP contribution < -0.4 is 5.73 Å². The molecule has 1 aromatic rings. The molecule has 0 aromatic heterocycles. The van der Waals surface area contributed by atoms with Gasteiger partial charge in [0.2, 0.25) is 0 Å². The molecule has 0 saturated carbocycles. The highest BCUT2D eigenvalue weighted by atomic mass is 35.5. The van der Waals surface area contributed by atoms with Crippen molar-refractivity contribution in [2.24, 2.45) is 5.73 Å². The zero-order chi connectivity index (χ0) is 10.7. The van der Waals surface area contributed by atoms with Crippen LogP contribution >= 0.6 is 23.2 Å². The Morgan fingerprint density at radius 3 is 2.64 bits per heavy atom. The molecule has 1 atom stereocenters. The Bertz CT molecular complexity index is 355. The highest BCUT2D eigenvalue weighted by Gasteiger charge is 2.21. The summed E-state index contributed by atoms with van der Waals surface area (Å²) in [7, 11) is 0. The predicted molar refractivity (Wildman–Crippen MR) is 55.9 cm³/mol. The van der Waals surface area contributed by atoms with Gasteiger partial charge in [-0.3, -0.25) is 4.79 Å². The fraction of sp³-hybridized carbons (Fsp3) is 0.222. The number of carbonyl (C=O) groups is 1. The van der Waals surface area contributed by atoms with Crippen molar-refractivity contribution in [2.45, 2.75) is 5.92 Å². The number of benzene rings is 1. The van der Waals surface area contributed by atoms with E-state index in [9.17, 15) is 4.79 Å². The average molecular weight is 234 g/mol. The molecule has 3 N–H and O–H groups in total. The summed E-state index contributed by atoms with van der Waals surface area (Å²) < 4.78 is 0. The Labute approximate surface area is 91.4 Å². The standard InChI is InChI=1S/C9H9Cl2NO2/c10-7-3-1-2-5(8(7)11)6(4-12)9(13)14/h1-3,6H,4,12H2,(H,13,14). The first-order valence-corrected chi connectivity index (χ1v) is 4.70. The Morgan fingerprint density at radius 1 is 1.50 bits per heavy atom. The molecule has 0 fully saturated rings. The number of nitrogens with two attached hydrogens (primary N) is 1. The van der Waals surface area contributed by atoms with Crippen LogP contribution in [0.3, 0.4) is 0 Å². The molecular weight excluding hydrogens is 225 g/mol. The number of rotatable bonds is 3. The summed E-state index contributed by atoms with van der Waals surface area (Å²) in [5.41, 5.74) is 5.80. The maximum Gasteiger partial charge on any atom is 0.312 e. The predicted octanol–water partition coefficient (Wildman–Crippen LogP) is 2.12. The third-order valence-electron chi connectivity index (χ3n) is 1.89. The third kappa shape index (κ3) is 2.18. The van der Waals surface area contributed by atoms with Gasteiger partial charge in [0, 0.05) is 6.54 Å². The van der Waals surface area contributed by atoms with Crippen molar-refractivity contribution in [3.05, 3.63) is 33.8 Å². The Kier molecular flexibility index (Phi) is 3.75. The van der Waals surface area contributed by atoms with Crippen LogP contribution in [0, 0.1) is 0 Å². The molecule has 0 spiro atoms. The number of aliphatic carboxylic acids is 1. The van der Waals surface area contributed by atoms with Crippen molar-refractivity contribution >= 4 is 29.2 Å². The van der Waals surface area contributed by atoms with Crippen LogP contribution in [-0.2, 0) is 4.79 Å². The monoisotopic (exact) mass is 233 g/mol. The number of hydrogen-bond donors (Lipinski definition) is 2. The molecule has 0 saturated heterocycles. The van der Waals surface area contributed by atoms with Crippen LogP contribution in [0.5, 0.6) is 0 Å². The summed E-state index contributed by atoms with van der Waals surface area (Å²) in [5, 5.41) is 9.45. The highest BCUT2D eigenvalue weighted by molar-refractivity contribution is 6.42. The first-order chi connectivity index (χ1) is 6.57. The molecule has 0 aliphatic rings. The van der Waals surface area contributed by atoms with Crippen molar-refractivity contribution in [3.8, 4) is 0 Å². The topological polar surface area (TPSA) is 63.3 Å². The third-order valence-corrected chi connectivity index (χ3v) is 2.72. The fourth-order valence-corrected chi connectivity index (χ4v) is 1.59. The van der Waals surface area contributed by atoms with E-state index in [0.29, 0.717) is 10.6 Å². The Morgan fingerprint density at radius 2 is 2.14 bits per heavy atom. The van der Waals surface area contributed by atoms with Crippen LogP contribution in [0.15, 0.2) is 18.2 Å². The van der Waals surface area contributed by atoms with E-state index in [0.717, 1.165) is 0 Å². The van der Waals surface area contributed by atoms with Crippen LogP contribution in [0.2, 0.25) is 10.0 Å². The van der Waals surface area contributed by atoms with Crippen molar-refractivity contribution < 1.29 is 9.90 Å². The van der Waals surface area contributed by atoms with Crippen molar-refractivity contribution in [2.75, 3.05) is 6.54 Å². The first-order valence-electron chi connectivity index (χ1n) is 3.94. The average Bonchev–Trinajstić information content (AvgIpc) is 2.13. The van der Waals surface area contributed by atoms with E-state index in [1.54, 1.807) is 18.2 Å². The summed E-state index contributed by atoms with van der Waals surface area (Å²) in [5.74, 6) is -1.81. The molecule has 0 aliphatic heterocycles. The maximum absolute atomic E-state index is 10.8. The molecule has 1 unspecified atom stereocenters. The molecular formula is C9H9Cl2NO2. The van der Waals surface area contributed by atoms with Gasteiger partial charge in [-0.2, -0.15) is 0 Å². The smallest absolute Gasteiger partial charge is 0.312 e. The molecule has 5 heteroatoms. The molecule has 0 heterocycles. The summed E-state index contributed by atoms with van der Waals surface area (Å²) in [6, 6.07) is 4.86. The zero-order valence-electron chi connectivity index (χ0n) is 7.21. The van der Waals surface area contributed by atoms with Gasteiger partial charge in [-0.1, -0.05) is 35.3 Å². The van der Waals surface area contributed by atoms with E-state index in [1.165, 1.54) is 0 Å². The fourth-order valence-electron chi connectivity index (χ4n) is 1.15. The minimum Gasteiger partial charge on any atom is -0.481 e. The largest absolute Gasteiger partial charge is 0.481 e. The molecule has 0 radical (unpaired) electrons. The van der Waals surface area contributed by atoms with Crippen molar-refractivity contribution in [1.82, 2.24) is 0 Å². The zero-order valence-corrected chi connectivity index (χ0v) is 8.72. The van der Waals surface area contributed by atoms with Crippen molar-refractivity contribution in [3.63, 3.8) is 0 Å². The second-order valence-corrected chi connectivity index (χ2v) is 3.55. The van der Waals surface area contributed by atoms with E-state index in [2.05, 4.69) is 0 Å². The lowest BCUT2D eigenvalue weighted by Gasteiger charge is -2.12. The summed E-state index contributed by atoms with van der Waals surface area (Å²) >= 11 is 11.6. The van der Waals surface area contributed by atoms with E-state index >= 15 is 0 Å². The lowest BCUT2D eigenvalue weighted by molar-refractivity contribution is -0.138. The number of hydrogen-bond acceptors (Lipinski definition) is 2. The van der Waals surface area contributed by atoms with Gasteiger partial charge in [0.1, 0.15) is 0 Å². The van der Waals surface area contributed by atoms with Crippen LogP contribution in [0.25, 0.3) is 0 Å². The second kappa shape index (κ2) is 4.64. The SMILES string of the molecule is NCC(C(=O)O)c1cccc(Cl)c1Cl. The summed E-state index contributed by atoms with van der Waals surface area (Å²) in [4.78, 5) is 10.8. The second-order valence-electron chi connectivity index (χ2n) is 2.77. The van der Waals surface area contributed by atoms with E-state index < -0.39 is 11.9 Å². The molecule has 0 aliphatic carbocycles. The molecule has 0 amide bonds. The Hall–Kier alpha value is -0.770. The number of halogens is 2. The summed E-state index contributed by atoms with van der Waals surface area (Å²) in [6.07, 6.45) is 0. The summed E-state index contributed by atoms with van der Waals surface area (Å²) in [6.45, 7) is -0.00457. The first kappa shape index (κ1) is 11.3. The van der Waals surface area contributed by atoms with Gasteiger partial charge in [0.15, 0.2) is 0 Å². The van der Waals surface area contributed by atoms with E-state index in [4.69, 9.17) is 34.0 Å². The lowest BCUT2D eigenvalue weighted by atomic mass is 9.99. The normalized spacial score (nSPS) is 12.5. The van der Waals surface area contributed by atoms with Gasteiger partial charge in [-0.05, 0) is 11.6 Å². The van der Waals surface area contributed by atoms with Crippen molar-refractivity contribution in [1.29, 1.82) is 0 Å². The Balaban J connectivity index is 3.16. The lowest BCUT2D eigenvalue weighted by Crippen LogP contribution is -2.21. The minimum absolute atomic E-state index is 0.00457. The molecule has 76 valence electrons. The van der Waals surface area contributed by atoms with E-state index in [1.807, 2.05) is 0 Å². The quantitative estimate of drug-likeness (QED) is 0.841. The molecule has 3 nitrogen and oxygen atoms in total. The minimum atomic E-state index is -1.00. The van der Waals surface area contributed by atoms with Crippen LogP contribution in [0.1, 0.15) is 11.5 Å². The number of carboxylic acids is 1. The van der Waals surface area contributed by atoms with E-state index in [-0.39, 0.29) is 11.6 Å².